The Bertz CT molecular complexity index is 1510. The summed E-state index contributed by atoms with van der Waals surface area (Å²) in [4.78, 5) is 32.3. The lowest BCUT2D eigenvalue weighted by atomic mass is 9.91. The molecule has 0 aliphatic rings. The van der Waals surface area contributed by atoms with Gasteiger partial charge < -0.3 is 20.4 Å². The quantitative estimate of drug-likeness (QED) is 0.224. The third kappa shape index (κ3) is 6.54. The SMILES string of the molecule is CCC(CC)(c1ccccc1Nc1ncc(C(F)(F)F)c(NCc2cccnc2N(C)S(C)(=O)=O)n1)P(=O)(O)O. The molecule has 0 aliphatic carbocycles. The van der Waals surface area contributed by atoms with Gasteiger partial charge in [-0.2, -0.15) is 18.2 Å². The maximum atomic E-state index is 13.8. The fourth-order valence-electron chi connectivity index (χ4n) is 4.29. The minimum absolute atomic E-state index is 0.0281. The van der Waals surface area contributed by atoms with E-state index in [-0.39, 0.29) is 42.4 Å². The molecular formula is C24H30F3N6O5PS. The Hall–Kier alpha value is -3.26. The third-order valence-corrected chi connectivity index (χ3v) is 9.76. The van der Waals surface area contributed by atoms with Crippen LogP contribution in [0, 0.1) is 0 Å². The smallest absolute Gasteiger partial charge is 0.365 e. The summed E-state index contributed by atoms with van der Waals surface area (Å²) in [5.41, 5.74) is -0.376. The van der Waals surface area contributed by atoms with Gasteiger partial charge >= 0.3 is 13.8 Å². The lowest BCUT2D eigenvalue weighted by Crippen LogP contribution is -2.27. The van der Waals surface area contributed by atoms with Gasteiger partial charge in [0.25, 0.3) is 0 Å². The normalized spacial score (nSPS) is 12.7. The first-order chi connectivity index (χ1) is 18.5. The van der Waals surface area contributed by atoms with Gasteiger partial charge in [-0.15, -0.1) is 0 Å². The van der Waals surface area contributed by atoms with E-state index in [1.54, 1.807) is 32.0 Å². The van der Waals surface area contributed by atoms with Crippen LogP contribution in [-0.2, 0) is 32.5 Å². The molecule has 0 saturated carbocycles. The summed E-state index contributed by atoms with van der Waals surface area (Å²) in [6.45, 7) is 3.03. The Morgan fingerprint density at radius 2 is 1.68 bits per heavy atom. The summed E-state index contributed by atoms with van der Waals surface area (Å²) in [6.07, 6.45) is -1.71. The van der Waals surface area contributed by atoms with Crippen molar-refractivity contribution in [2.75, 3.05) is 28.2 Å². The predicted octanol–water partition coefficient (Wildman–Crippen LogP) is 4.83. The number of nitrogens with zero attached hydrogens (tertiary/aromatic N) is 4. The van der Waals surface area contributed by atoms with Gasteiger partial charge in [-0.25, -0.2) is 18.4 Å². The zero-order chi connectivity index (χ0) is 29.9. The van der Waals surface area contributed by atoms with Crippen LogP contribution in [-0.4, -0.2) is 46.5 Å². The first-order valence-electron chi connectivity index (χ1n) is 12.0. The van der Waals surface area contributed by atoms with Gasteiger partial charge in [-0.1, -0.05) is 38.1 Å². The molecule has 3 aromatic rings. The zero-order valence-electron chi connectivity index (χ0n) is 22.1. The largest absolute Gasteiger partial charge is 0.421 e. The van der Waals surface area contributed by atoms with E-state index < -0.39 is 40.3 Å². The number of anilines is 4. The third-order valence-electron chi connectivity index (χ3n) is 6.61. The highest BCUT2D eigenvalue weighted by atomic mass is 32.2. The summed E-state index contributed by atoms with van der Waals surface area (Å²) >= 11 is 0. The summed E-state index contributed by atoms with van der Waals surface area (Å²) in [6, 6.07) is 9.31. The molecule has 0 atom stereocenters. The molecule has 0 unspecified atom stereocenters. The van der Waals surface area contributed by atoms with E-state index in [9.17, 15) is 35.9 Å². The molecule has 3 rings (SSSR count). The van der Waals surface area contributed by atoms with Crippen molar-refractivity contribution < 1.29 is 35.9 Å². The fourth-order valence-corrected chi connectivity index (χ4v) is 6.10. The van der Waals surface area contributed by atoms with Gasteiger partial charge in [0.15, 0.2) is 0 Å². The number of para-hydroxylation sites is 1. The molecule has 0 radical (unpaired) electrons. The molecule has 2 aromatic heterocycles. The number of pyridine rings is 1. The highest BCUT2D eigenvalue weighted by Crippen LogP contribution is 2.62. The highest BCUT2D eigenvalue weighted by Gasteiger charge is 2.46. The lowest BCUT2D eigenvalue weighted by molar-refractivity contribution is -0.137. The molecule has 0 amide bonds. The number of benzene rings is 1. The average molecular weight is 603 g/mol. The van der Waals surface area contributed by atoms with Crippen molar-refractivity contribution in [1.29, 1.82) is 0 Å². The van der Waals surface area contributed by atoms with Crippen LogP contribution in [0.15, 0.2) is 48.8 Å². The minimum atomic E-state index is -4.82. The van der Waals surface area contributed by atoms with Crippen LogP contribution in [0.2, 0.25) is 0 Å². The van der Waals surface area contributed by atoms with E-state index in [0.29, 0.717) is 11.8 Å². The van der Waals surface area contributed by atoms with Crippen LogP contribution in [0.3, 0.4) is 0 Å². The van der Waals surface area contributed by atoms with E-state index in [0.717, 1.165) is 10.6 Å². The van der Waals surface area contributed by atoms with Gasteiger partial charge in [-0.05, 0) is 30.5 Å². The van der Waals surface area contributed by atoms with Gasteiger partial charge in [0.1, 0.15) is 17.2 Å². The molecule has 0 fully saturated rings. The molecular weight excluding hydrogens is 572 g/mol. The first kappa shape index (κ1) is 31.3. The van der Waals surface area contributed by atoms with E-state index in [4.69, 9.17) is 0 Å². The number of hydrogen-bond donors (Lipinski definition) is 4. The van der Waals surface area contributed by atoms with E-state index in [1.165, 1.54) is 31.4 Å². The summed E-state index contributed by atoms with van der Waals surface area (Å²) in [5.74, 6) is -0.818. The van der Waals surface area contributed by atoms with Crippen molar-refractivity contribution in [2.45, 2.75) is 44.6 Å². The first-order valence-corrected chi connectivity index (χ1v) is 15.5. The number of aromatic nitrogens is 3. The predicted molar refractivity (Wildman–Crippen MR) is 146 cm³/mol. The van der Waals surface area contributed by atoms with Crippen LogP contribution in [0.4, 0.5) is 36.4 Å². The topological polar surface area (TPSA) is 158 Å². The second-order valence-corrected chi connectivity index (χ2v) is 12.9. The molecule has 4 N–H and O–H groups in total. The Balaban J connectivity index is 2.03. The number of halogens is 3. The Morgan fingerprint density at radius 1 is 1.02 bits per heavy atom. The minimum Gasteiger partial charge on any atom is -0.365 e. The number of hydrogen-bond acceptors (Lipinski definition) is 8. The standard InChI is InChI=1S/C24H30F3N6O5PS/c1-5-23(6-2,39(34,35)36)17-11-7-8-12-19(17)31-22-30-15-18(24(25,26)27)20(32-22)29-14-16-10-9-13-28-21(16)33(3)40(4,37)38/h7-13,15H,5-6,14H2,1-4H3,(H2,34,35,36)(H2,29,30,31,32). The number of rotatable bonds is 11. The van der Waals surface area contributed by atoms with Crippen LogP contribution in [0.1, 0.15) is 43.4 Å². The Morgan fingerprint density at radius 3 is 2.25 bits per heavy atom. The molecule has 16 heteroatoms. The van der Waals surface area contributed by atoms with Crippen molar-refractivity contribution in [2.24, 2.45) is 0 Å². The van der Waals surface area contributed by atoms with E-state index in [2.05, 4.69) is 25.6 Å². The molecule has 1 aromatic carbocycles. The van der Waals surface area contributed by atoms with Gasteiger partial charge in [0.05, 0.1) is 11.4 Å². The molecule has 0 aliphatic heterocycles. The lowest BCUT2D eigenvalue weighted by Gasteiger charge is -2.34. The average Bonchev–Trinajstić information content (AvgIpc) is 2.87. The van der Waals surface area contributed by atoms with Gasteiger partial charge in [0, 0.05) is 37.2 Å². The van der Waals surface area contributed by atoms with Crippen molar-refractivity contribution >= 4 is 40.9 Å². The summed E-state index contributed by atoms with van der Waals surface area (Å²) in [5, 5.41) is 3.88. The van der Waals surface area contributed by atoms with Gasteiger partial charge in [0.2, 0.25) is 16.0 Å². The number of sulfonamides is 1. The molecule has 11 nitrogen and oxygen atoms in total. The maximum Gasteiger partial charge on any atom is 0.421 e. The number of alkyl halides is 3. The summed E-state index contributed by atoms with van der Waals surface area (Å²) < 4.78 is 78.9. The molecule has 0 spiro atoms. The van der Waals surface area contributed by atoms with Crippen LogP contribution < -0.4 is 14.9 Å². The van der Waals surface area contributed by atoms with E-state index in [1.807, 2.05) is 0 Å². The summed E-state index contributed by atoms with van der Waals surface area (Å²) in [7, 11) is -7.08. The van der Waals surface area contributed by atoms with E-state index >= 15 is 0 Å². The molecule has 40 heavy (non-hydrogen) atoms. The Labute approximate surface area is 230 Å². The van der Waals surface area contributed by atoms with Gasteiger partial charge in [-0.3, -0.25) is 8.87 Å². The van der Waals surface area contributed by atoms with Crippen LogP contribution in [0.5, 0.6) is 0 Å². The molecule has 0 saturated heterocycles. The Kier molecular flexibility index (Phi) is 9.14. The fraction of sp³-hybridized carbons (Fsp3) is 0.375. The maximum absolute atomic E-state index is 13.8. The van der Waals surface area contributed by atoms with Crippen molar-refractivity contribution in [3.05, 3.63) is 65.5 Å². The van der Waals surface area contributed by atoms with Crippen LogP contribution >= 0.6 is 7.60 Å². The second kappa shape index (κ2) is 11.7. The monoisotopic (exact) mass is 602 g/mol. The molecule has 2 heterocycles. The zero-order valence-corrected chi connectivity index (χ0v) is 23.8. The van der Waals surface area contributed by atoms with Crippen LogP contribution in [0.25, 0.3) is 0 Å². The second-order valence-electron chi connectivity index (χ2n) is 8.98. The van der Waals surface area contributed by atoms with Crippen molar-refractivity contribution in [1.82, 2.24) is 15.0 Å². The van der Waals surface area contributed by atoms with Crippen molar-refractivity contribution in [3.8, 4) is 0 Å². The van der Waals surface area contributed by atoms with Crippen molar-refractivity contribution in [3.63, 3.8) is 0 Å². The highest BCUT2D eigenvalue weighted by molar-refractivity contribution is 7.92. The molecule has 218 valence electrons. The number of nitrogens with one attached hydrogen (secondary N) is 2. The molecule has 0 bridgehead atoms.